The molecule has 0 aromatic heterocycles. The van der Waals surface area contributed by atoms with Crippen molar-refractivity contribution in [3.05, 3.63) is 29.8 Å². The largest absolute Gasteiger partial charge is 0.494 e. The first-order valence-electron chi connectivity index (χ1n) is 7.65. The highest BCUT2D eigenvalue weighted by atomic mass is 16.5. The van der Waals surface area contributed by atoms with Crippen LogP contribution in [0.1, 0.15) is 52.6 Å². The standard InChI is InChI=1S/C17H29NO2/c1-6-12-18-16(17(4,5)20-8-3)14-10-9-11-15(13-14)19-7-2/h9-11,13,16,18H,6-8,12H2,1-5H3. The molecule has 1 rings (SSSR count). The predicted octanol–water partition coefficient (Wildman–Crippen LogP) is 3.94. The fraction of sp³-hybridized carbons (Fsp3) is 0.647. The van der Waals surface area contributed by atoms with Gasteiger partial charge in [-0.25, -0.2) is 0 Å². The monoisotopic (exact) mass is 279 g/mol. The Labute approximate surface area is 123 Å². The topological polar surface area (TPSA) is 30.5 Å². The molecule has 20 heavy (non-hydrogen) atoms. The van der Waals surface area contributed by atoms with Crippen LogP contribution in [0, 0.1) is 0 Å². The summed E-state index contributed by atoms with van der Waals surface area (Å²) < 4.78 is 11.5. The molecule has 114 valence electrons. The summed E-state index contributed by atoms with van der Waals surface area (Å²) >= 11 is 0. The molecule has 0 bridgehead atoms. The summed E-state index contributed by atoms with van der Waals surface area (Å²) in [6, 6.07) is 8.44. The molecular formula is C17H29NO2. The van der Waals surface area contributed by atoms with Crippen LogP contribution in [-0.2, 0) is 4.74 Å². The van der Waals surface area contributed by atoms with Gasteiger partial charge in [-0.05, 0) is 58.4 Å². The van der Waals surface area contributed by atoms with Crippen molar-refractivity contribution in [1.82, 2.24) is 5.32 Å². The molecule has 0 radical (unpaired) electrons. The van der Waals surface area contributed by atoms with Crippen molar-refractivity contribution in [3.8, 4) is 5.75 Å². The molecule has 0 fully saturated rings. The highest BCUT2D eigenvalue weighted by Crippen LogP contribution is 2.30. The minimum absolute atomic E-state index is 0.155. The normalized spacial score (nSPS) is 13.2. The van der Waals surface area contributed by atoms with Gasteiger partial charge in [0.05, 0.1) is 18.2 Å². The van der Waals surface area contributed by atoms with E-state index in [0.717, 1.165) is 18.7 Å². The lowest BCUT2D eigenvalue weighted by Gasteiger charge is -2.35. The first-order valence-corrected chi connectivity index (χ1v) is 7.65. The molecule has 1 aromatic carbocycles. The highest BCUT2D eigenvalue weighted by Gasteiger charge is 2.31. The zero-order chi connectivity index (χ0) is 15.0. The van der Waals surface area contributed by atoms with E-state index in [0.29, 0.717) is 13.2 Å². The maximum Gasteiger partial charge on any atom is 0.119 e. The third kappa shape index (κ3) is 4.80. The summed E-state index contributed by atoms with van der Waals surface area (Å²) in [6.07, 6.45) is 1.10. The average molecular weight is 279 g/mol. The van der Waals surface area contributed by atoms with Crippen molar-refractivity contribution in [2.75, 3.05) is 19.8 Å². The van der Waals surface area contributed by atoms with Crippen LogP contribution in [0.5, 0.6) is 5.75 Å². The Hall–Kier alpha value is -1.06. The zero-order valence-corrected chi connectivity index (χ0v) is 13.5. The SMILES string of the molecule is CCCNC(c1cccc(OCC)c1)C(C)(C)OCC. The Balaban J connectivity index is 3.00. The lowest BCUT2D eigenvalue weighted by molar-refractivity contribution is -0.0392. The van der Waals surface area contributed by atoms with Gasteiger partial charge in [0.15, 0.2) is 0 Å². The molecule has 0 aliphatic carbocycles. The fourth-order valence-corrected chi connectivity index (χ4v) is 2.46. The molecule has 0 saturated carbocycles. The van der Waals surface area contributed by atoms with E-state index in [2.05, 4.69) is 38.2 Å². The van der Waals surface area contributed by atoms with Crippen LogP contribution in [0.4, 0.5) is 0 Å². The Morgan fingerprint density at radius 2 is 1.90 bits per heavy atom. The van der Waals surface area contributed by atoms with E-state index in [9.17, 15) is 0 Å². The van der Waals surface area contributed by atoms with Gasteiger partial charge >= 0.3 is 0 Å². The van der Waals surface area contributed by atoms with E-state index < -0.39 is 0 Å². The van der Waals surface area contributed by atoms with E-state index in [-0.39, 0.29) is 11.6 Å². The molecule has 0 heterocycles. The Bertz CT molecular complexity index is 390. The highest BCUT2D eigenvalue weighted by molar-refractivity contribution is 5.32. The lowest BCUT2D eigenvalue weighted by Crippen LogP contribution is -2.42. The Morgan fingerprint density at radius 3 is 2.50 bits per heavy atom. The molecule has 3 nitrogen and oxygen atoms in total. The maximum atomic E-state index is 5.94. The van der Waals surface area contributed by atoms with Crippen LogP contribution in [-0.4, -0.2) is 25.4 Å². The van der Waals surface area contributed by atoms with Crippen LogP contribution in [0.15, 0.2) is 24.3 Å². The Morgan fingerprint density at radius 1 is 1.15 bits per heavy atom. The number of nitrogens with one attached hydrogen (secondary N) is 1. The molecule has 3 heteroatoms. The molecular weight excluding hydrogens is 250 g/mol. The van der Waals surface area contributed by atoms with E-state index in [1.54, 1.807) is 0 Å². The van der Waals surface area contributed by atoms with Crippen molar-refractivity contribution < 1.29 is 9.47 Å². The van der Waals surface area contributed by atoms with Crippen molar-refractivity contribution in [2.45, 2.75) is 52.7 Å². The van der Waals surface area contributed by atoms with Gasteiger partial charge in [-0.2, -0.15) is 0 Å². The molecule has 0 aliphatic rings. The van der Waals surface area contributed by atoms with Crippen molar-refractivity contribution >= 4 is 0 Å². The first-order chi connectivity index (χ1) is 9.55. The summed E-state index contributed by atoms with van der Waals surface area (Å²) in [5, 5.41) is 3.60. The predicted molar refractivity (Wildman–Crippen MR) is 84.4 cm³/mol. The van der Waals surface area contributed by atoms with Crippen LogP contribution in [0.25, 0.3) is 0 Å². The number of rotatable bonds is 9. The van der Waals surface area contributed by atoms with Gasteiger partial charge in [0.1, 0.15) is 5.75 Å². The summed E-state index contributed by atoms with van der Waals surface area (Å²) in [7, 11) is 0. The molecule has 0 amide bonds. The zero-order valence-electron chi connectivity index (χ0n) is 13.5. The summed E-state index contributed by atoms with van der Waals surface area (Å²) in [4.78, 5) is 0. The fourth-order valence-electron chi connectivity index (χ4n) is 2.46. The molecule has 0 spiro atoms. The van der Waals surface area contributed by atoms with E-state index >= 15 is 0 Å². The summed E-state index contributed by atoms with van der Waals surface area (Å²) in [6.45, 7) is 12.9. The third-order valence-electron chi connectivity index (χ3n) is 3.31. The van der Waals surface area contributed by atoms with Crippen molar-refractivity contribution in [1.29, 1.82) is 0 Å². The molecule has 0 aliphatic heterocycles. The van der Waals surface area contributed by atoms with Crippen LogP contribution in [0.3, 0.4) is 0 Å². The van der Waals surface area contributed by atoms with Gasteiger partial charge < -0.3 is 14.8 Å². The second kappa shape index (κ2) is 8.28. The third-order valence-corrected chi connectivity index (χ3v) is 3.31. The summed E-state index contributed by atoms with van der Waals surface area (Å²) in [5.41, 5.74) is 0.956. The van der Waals surface area contributed by atoms with Gasteiger partial charge in [-0.3, -0.25) is 0 Å². The van der Waals surface area contributed by atoms with Gasteiger partial charge in [-0.1, -0.05) is 19.1 Å². The molecule has 1 N–H and O–H groups in total. The van der Waals surface area contributed by atoms with Crippen molar-refractivity contribution in [2.24, 2.45) is 0 Å². The van der Waals surface area contributed by atoms with Crippen molar-refractivity contribution in [3.63, 3.8) is 0 Å². The number of ether oxygens (including phenoxy) is 2. The van der Waals surface area contributed by atoms with Crippen LogP contribution >= 0.6 is 0 Å². The first kappa shape index (κ1) is 17.0. The van der Waals surface area contributed by atoms with Gasteiger partial charge in [0, 0.05) is 6.61 Å². The molecule has 1 aromatic rings. The van der Waals surface area contributed by atoms with Crippen LogP contribution in [0.2, 0.25) is 0 Å². The quantitative estimate of drug-likeness (QED) is 0.742. The number of benzene rings is 1. The van der Waals surface area contributed by atoms with Gasteiger partial charge in [0.25, 0.3) is 0 Å². The lowest BCUT2D eigenvalue weighted by atomic mass is 9.91. The van der Waals surface area contributed by atoms with E-state index in [1.165, 1.54) is 5.56 Å². The van der Waals surface area contributed by atoms with E-state index in [4.69, 9.17) is 9.47 Å². The van der Waals surface area contributed by atoms with Gasteiger partial charge in [0.2, 0.25) is 0 Å². The van der Waals surface area contributed by atoms with Gasteiger partial charge in [-0.15, -0.1) is 0 Å². The molecule has 0 saturated heterocycles. The maximum absolute atomic E-state index is 5.94. The molecule has 1 unspecified atom stereocenters. The van der Waals surface area contributed by atoms with Crippen LogP contribution < -0.4 is 10.1 Å². The molecule has 1 atom stereocenters. The summed E-state index contributed by atoms with van der Waals surface area (Å²) in [5.74, 6) is 0.917. The average Bonchev–Trinajstić information content (AvgIpc) is 2.39. The Kier molecular flexibility index (Phi) is 7.03. The van der Waals surface area contributed by atoms with E-state index in [1.807, 2.05) is 26.0 Å². The minimum Gasteiger partial charge on any atom is -0.494 e. The smallest absolute Gasteiger partial charge is 0.119 e. The second-order valence-electron chi connectivity index (χ2n) is 5.43. The minimum atomic E-state index is -0.255. The number of hydrogen-bond donors (Lipinski definition) is 1. The number of hydrogen-bond acceptors (Lipinski definition) is 3. The second-order valence-corrected chi connectivity index (χ2v) is 5.43.